The number of Topliss-reactive ketones (excluding diaryl/α,β-unsaturated/α-hetero) is 1. The lowest BCUT2D eigenvalue weighted by Crippen LogP contribution is -2.34. The number of aliphatic hydroxyl groups excluding tert-OH is 1. The average molecular weight is 491 g/mol. The number of nitrogens with zero attached hydrogens (tertiary/aromatic N) is 4. The molecule has 0 aliphatic carbocycles. The maximum absolute atomic E-state index is 13.8. The number of aromatic nitrogens is 2. The Bertz CT molecular complexity index is 1220. The second kappa shape index (κ2) is 10.9. The summed E-state index contributed by atoms with van der Waals surface area (Å²) in [5, 5.41) is 11.6. The van der Waals surface area contributed by atoms with Gasteiger partial charge in [0.2, 0.25) is 5.78 Å². The third-order valence-electron chi connectivity index (χ3n) is 6.31. The molecule has 2 aromatic heterocycles. The number of aryl methyl sites for hydroxylation is 1. The molecule has 1 N–H and O–H groups in total. The predicted molar refractivity (Wildman–Crippen MR) is 137 cm³/mol. The van der Waals surface area contributed by atoms with Gasteiger partial charge in [-0.15, -0.1) is 11.3 Å². The van der Waals surface area contributed by atoms with Gasteiger partial charge in [0.15, 0.2) is 5.76 Å². The Balaban J connectivity index is 1.68. The van der Waals surface area contributed by atoms with E-state index in [2.05, 4.69) is 28.7 Å². The van der Waals surface area contributed by atoms with Crippen molar-refractivity contribution in [3.63, 3.8) is 0 Å². The molecule has 4 rings (SSSR count). The molecule has 8 heteroatoms. The van der Waals surface area contributed by atoms with Crippen LogP contribution in [0.1, 0.15) is 47.4 Å². The molecule has 0 fully saturated rings. The highest BCUT2D eigenvalue weighted by molar-refractivity contribution is 7.17. The summed E-state index contributed by atoms with van der Waals surface area (Å²) >= 11 is 1.27. The Morgan fingerprint density at radius 1 is 1.11 bits per heavy atom. The van der Waals surface area contributed by atoms with Crippen LogP contribution < -0.4 is 0 Å². The van der Waals surface area contributed by atoms with Gasteiger partial charge in [0.1, 0.15) is 11.0 Å². The standard InChI is InChI=1S/C27H30N4O3S/c1-4-30(5-2)16-11-17-31-22(20-14-9-10-15-28-20)21(24(33)27(31)34)23(32)25-18(3)29-26(35-25)19-12-7-6-8-13-19/h6-10,12-15,22,33H,4-5,11,16-17H2,1-3H3. The molecule has 0 saturated heterocycles. The van der Waals surface area contributed by atoms with Crippen molar-refractivity contribution in [2.24, 2.45) is 0 Å². The normalized spacial score (nSPS) is 15.9. The van der Waals surface area contributed by atoms with Crippen molar-refractivity contribution in [3.05, 3.63) is 82.3 Å². The number of amides is 1. The van der Waals surface area contributed by atoms with E-state index in [-0.39, 0.29) is 11.4 Å². The second-order valence-corrected chi connectivity index (χ2v) is 9.43. The van der Waals surface area contributed by atoms with E-state index in [0.29, 0.717) is 22.8 Å². The van der Waals surface area contributed by atoms with Crippen LogP contribution in [-0.2, 0) is 4.79 Å². The number of aliphatic hydroxyl groups is 1. The lowest BCUT2D eigenvalue weighted by Gasteiger charge is -2.27. The fourth-order valence-electron chi connectivity index (χ4n) is 4.40. The summed E-state index contributed by atoms with van der Waals surface area (Å²) in [7, 11) is 0. The van der Waals surface area contributed by atoms with E-state index in [1.807, 2.05) is 36.4 Å². The van der Waals surface area contributed by atoms with Gasteiger partial charge >= 0.3 is 0 Å². The molecule has 1 amide bonds. The average Bonchev–Trinajstić information content (AvgIpc) is 3.40. The summed E-state index contributed by atoms with van der Waals surface area (Å²) in [6.45, 7) is 9.07. The van der Waals surface area contributed by atoms with Crippen LogP contribution in [0.4, 0.5) is 0 Å². The minimum atomic E-state index is -0.741. The van der Waals surface area contributed by atoms with Crippen LogP contribution in [-0.4, -0.2) is 62.7 Å². The molecule has 1 aliphatic heterocycles. The summed E-state index contributed by atoms with van der Waals surface area (Å²) in [4.78, 5) is 40.3. The van der Waals surface area contributed by atoms with Crippen LogP contribution in [0.15, 0.2) is 66.1 Å². The quantitative estimate of drug-likeness (QED) is 0.410. The van der Waals surface area contributed by atoms with Crippen molar-refractivity contribution in [2.45, 2.75) is 33.2 Å². The maximum atomic E-state index is 13.8. The number of carbonyl (C=O) groups is 2. The van der Waals surface area contributed by atoms with Gasteiger partial charge in [-0.05, 0) is 45.1 Å². The number of rotatable bonds is 10. The molecule has 3 aromatic rings. The summed E-state index contributed by atoms with van der Waals surface area (Å²) in [5.74, 6) is -1.41. The third kappa shape index (κ3) is 5.04. The van der Waals surface area contributed by atoms with Crippen LogP contribution in [0.5, 0.6) is 0 Å². The van der Waals surface area contributed by atoms with Crippen LogP contribution in [0.25, 0.3) is 10.6 Å². The fourth-order valence-corrected chi connectivity index (χ4v) is 5.43. The number of benzene rings is 1. The molecule has 3 heterocycles. The van der Waals surface area contributed by atoms with E-state index in [1.165, 1.54) is 11.3 Å². The highest BCUT2D eigenvalue weighted by atomic mass is 32.1. The first-order valence-electron chi connectivity index (χ1n) is 11.9. The monoisotopic (exact) mass is 490 g/mol. The topological polar surface area (TPSA) is 86.6 Å². The number of ketones is 1. The van der Waals surface area contributed by atoms with E-state index >= 15 is 0 Å². The van der Waals surface area contributed by atoms with Gasteiger partial charge in [0, 0.05) is 18.3 Å². The zero-order chi connectivity index (χ0) is 24.9. The molecule has 0 radical (unpaired) electrons. The van der Waals surface area contributed by atoms with Crippen molar-refractivity contribution in [1.82, 2.24) is 19.8 Å². The molecular weight excluding hydrogens is 460 g/mol. The van der Waals surface area contributed by atoms with Gasteiger partial charge in [-0.1, -0.05) is 50.2 Å². The predicted octanol–water partition coefficient (Wildman–Crippen LogP) is 4.82. The van der Waals surface area contributed by atoms with Crippen LogP contribution in [0, 0.1) is 6.92 Å². The maximum Gasteiger partial charge on any atom is 0.290 e. The highest BCUT2D eigenvalue weighted by Gasteiger charge is 2.45. The molecule has 1 unspecified atom stereocenters. The Morgan fingerprint density at radius 3 is 2.49 bits per heavy atom. The second-order valence-electron chi connectivity index (χ2n) is 8.43. The Labute approximate surface area is 209 Å². The first-order valence-corrected chi connectivity index (χ1v) is 12.7. The first-order chi connectivity index (χ1) is 17.0. The number of thiazole rings is 1. The zero-order valence-corrected chi connectivity index (χ0v) is 21.1. The van der Waals surface area contributed by atoms with E-state index in [9.17, 15) is 14.7 Å². The van der Waals surface area contributed by atoms with Crippen molar-refractivity contribution >= 4 is 23.0 Å². The molecule has 0 bridgehead atoms. The van der Waals surface area contributed by atoms with Gasteiger partial charge in [-0.3, -0.25) is 14.6 Å². The highest BCUT2D eigenvalue weighted by Crippen LogP contribution is 2.40. The minimum absolute atomic E-state index is 0.0721. The van der Waals surface area contributed by atoms with Crippen LogP contribution in [0.2, 0.25) is 0 Å². The SMILES string of the molecule is CCN(CC)CCCN1C(=O)C(O)=C(C(=O)c2sc(-c3ccccc3)nc2C)C1c1ccccn1. The Morgan fingerprint density at radius 2 is 1.83 bits per heavy atom. The molecule has 0 saturated carbocycles. The van der Waals surface area contributed by atoms with Crippen LogP contribution in [0.3, 0.4) is 0 Å². The van der Waals surface area contributed by atoms with E-state index in [1.54, 1.807) is 30.2 Å². The fraction of sp³-hybridized carbons (Fsp3) is 0.333. The molecule has 0 spiro atoms. The van der Waals surface area contributed by atoms with Crippen molar-refractivity contribution in [1.29, 1.82) is 0 Å². The summed E-state index contributed by atoms with van der Waals surface area (Å²) in [6.07, 6.45) is 2.36. The lowest BCUT2D eigenvalue weighted by atomic mass is 9.98. The summed E-state index contributed by atoms with van der Waals surface area (Å²) in [5.41, 5.74) is 2.12. The van der Waals surface area contributed by atoms with Crippen molar-refractivity contribution in [2.75, 3.05) is 26.2 Å². The molecule has 35 heavy (non-hydrogen) atoms. The van der Waals surface area contributed by atoms with Crippen molar-refractivity contribution in [3.8, 4) is 10.6 Å². The molecule has 1 aliphatic rings. The smallest absolute Gasteiger partial charge is 0.290 e. The molecule has 7 nitrogen and oxygen atoms in total. The lowest BCUT2D eigenvalue weighted by molar-refractivity contribution is -0.129. The number of hydrogen-bond donors (Lipinski definition) is 1. The molecule has 1 atom stereocenters. The van der Waals surface area contributed by atoms with Crippen molar-refractivity contribution < 1.29 is 14.7 Å². The molecule has 1 aromatic carbocycles. The van der Waals surface area contributed by atoms with Gasteiger partial charge in [0.05, 0.1) is 21.8 Å². The summed E-state index contributed by atoms with van der Waals surface area (Å²) in [6, 6.07) is 14.3. The molecular formula is C27H30N4O3S. The third-order valence-corrected chi connectivity index (χ3v) is 7.51. The van der Waals surface area contributed by atoms with Gasteiger partial charge in [0.25, 0.3) is 5.91 Å². The van der Waals surface area contributed by atoms with E-state index < -0.39 is 17.7 Å². The van der Waals surface area contributed by atoms with Gasteiger partial charge in [-0.2, -0.15) is 0 Å². The van der Waals surface area contributed by atoms with E-state index in [4.69, 9.17) is 0 Å². The van der Waals surface area contributed by atoms with Gasteiger partial charge in [-0.25, -0.2) is 4.98 Å². The number of hydrogen-bond acceptors (Lipinski definition) is 7. The number of carbonyl (C=O) groups excluding carboxylic acids is 2. The number of pyridine rings is 1. The zero-order valence-electron chi connectivity index (χ0n) is 20.3. The minimum Gasteiger partial charge on any atom is -0.503 e. The Hall–Kier alpha value is -3.36. The van der Waals surface area contributed by atoms with E-state index in [0.717, 1.165) is 36.6 Å². The first kappa shape index (κ1) is 24.8. The Kier molecular flexibility index (Phi) is 7.73. The van der Waals surface area contributed by atoms with Gasteiger partial charge < -0.3 is 14.9 Å². The largest absolute Gasteiger partial charge is 0.503 e. The summed E-state index contributed by atoms with van der Waals surface area (Å²) < 4.78 is 0. The molecule has 182 valence electrons. The van der Waals surface area contributed by atoms with Crippen LogP contribution >= 0.6 is 11.3 Å².